The Kier molecular flexibility index (Phi) is 5.51. The molecule has 1 aromatic rings. The van der Waals surface area contributed by atoms with E-state index in [0.29, 0.717) is 24.3 Å². The van der Waals surface area contributed by atoms with Crippen LogP contribution in [-0.2, 0) is 4.79 Å². The van der Waals surface area contributed by atoms with Crippen molar-refractivity contribution in [3.05, 3.63) is 23.4 Å². The summed E-state index contributed by atoms with van der Waals surface area (Å²) < 4.78 is 0. The zero-order chi connectivity index (χ0) is 15.2. The first-order valence-electron chi connectivity index (χ1n) is 6.67. The topological polar surface area (TPSA) is 86.0 Å². The van der Waals surface area contributed by atoms with E-state index < -0.39 is 5.97 Å². The fourth-order valence-electron chi connectivity index (χ4n) is 1.92. The molecule has 0 saturated carbocycles. The Hall–Kier alpha value is -2.09. The van der Waals surface area contributed by atoms with Crippen LogP contribution >= 0.6 is 0 Å². The summed E-state index contributed by atoms with van der Waals surface area (Å²) in [4.78, 5) is 14.9. The number of hydrogen-bond acceptors (Lipinski definition) is 4. The molecule has 2 N–H and O–H groups in total. The average molecular weight is 275 g/mol. The molecule has 0 saturated heterocycles. The molecule has 20 heavy (non-hydrogen) atoms. The molecular formula is C15H21N3O2. The van der Waals surface area contributed by atoms with Crippen LogP contribution in [0.2, 0.25) is 0 Å². The molecule has 108 valence electrons. The summed E-state index contributed by atoms with van der Waals surface area (Å²) in [5.74, 6) is -0.0689. The molecule has 1 aromatic heterocycles. The highest BCUT2D eigenvalue weighted by atomic mass is 16.4. The third-order valence-electron chi connectivity index (χ3n) is 3.21. The molecule has 1 heterocycles. The summed E-state index contributed by atoms with van der Waals surface area (Å²) in [6.45, 7) is 6.67. The molecule has 0 aromatic carbocycles. The number of carboxylic acids is 1. The van der Waals surface area contributed by atoms with Gasteiger partial charge in [-0.1, -0.05) is 13.8 Å². The molecule has 0 radical (unpaired) electrons. The van der Waals surface area contributed by atoms with Gasteiger partial charge in [0.25, 0.3) is 0 Å². The molecular weight excluding hydrogens is 254 g/mol. The van der Waals surface area contributed by atoms with Gasteiger partial charge in [0, 0.05) is 18.7 Å². The first kappa shape index (κ1) is 16.0. The zero-order valence-corrected chi connectivity index (χ0v) is 12.2. The van der Waals surface area contributed by atoms with Gasteiger partial charge in [0.05, 0.1) is 11.6 Å². The monoisotopic (exact) mass is 275 g/mol. The third-order valence-corrected chi connectivity index (χ3v) is 3.21. The fourth-order valence-corrected chi connectivity index (χ4v) is 1.92. The van der Waals surface area contributed by atoms with Crippen molar-refractivity contribution in [3.8, 4) is 6.07 Å². The van der Waals surface area contributed by atoms with E-state index in [2.05, 4.69) is 30.2 Å². The molecule has 5 heteroatoms. The second kappa shape index (κ2) is 6.90. The molecule has 0 aliphatic heterocycles. The van der Waals surface area contributed by atoms with E-state index in [-0.39, 0.29) is 11.8 Å². The maximum atomic E-state index is 10.6. The van der Waals surface area contributed by atoms with Crippen molar-refractivity contribution < 1.29 is 9.90 Å². The van der Waals surface area contributed by atoms with E-state index in [1.807, 2.05) is 6.92 Å². The van der Waals surface area contributed by atoms with Gasteiger partial charge in [-0.05, 0) is 37.3 Å². The van der Waals surface area contributed by atoms with E-state index in [1.54, 1.807) is 12.1 Å². The number of rotatable bonds is 7. The Morgan fingerprint density at radius 2 is 2.15 bits per heavy atom. The van der Waals surface area contributed by atoms with Gasteiger partial charge in [0.2, 0.25) is 0 Å². The summed E-state index contributed by atoms with van der Waals surface area (Å²) in [6.07, 6.45) is 1.68. The van der Waals surface area contributed by atoms with Crippen LogP contribution in [0.4, 0.5) is 5.82 Å². The van der Waals surface area contributed by atoms with Gasteiger partial charge in [-0.2, -0.15) is 5.26 Å². The van der Waals surface area contributed by atoms with Crippen LogP contribution in [0.25, 0.3) is 0 Å². The molecule has 0 spiro atoms. The van der Waals surface area contributed by atoms with E-state index >= 15 is 0 Å². The van der Waals surface area contributed by atoms with Gasteiger partial charge in [-0.15, -0.1) is 0 Å². The molecule has 0 aliphatic carbocycles. The van der Waals surface area contributed by atoms with Crippen molar-refractivity contribution in [3.63, 3.8) is 0 Å². The van der Waals surface area contributed by atoms with Gasteiger partial charge in [-0.25, -0.2) is 4.98 Å². The largest absolute Gasteiger partial charge is 0.481 e. The lowest BCUT2D eigenvalue weighted by Crippen LogP contribution is -2.18. The number of pyridine rings is 1. The third kappa shape index (κ3) is 5.70. The van der Waals surface area contributed by atoms with E-state index in [4.69, 9.17) is 10.4 Å². The predicted octanol–water partition coefficient (Wildman–Crippen LogP) is 2.95. The minimum atomic E-state index is -0.759. The summed E-state index contributed by atoms with van der Waals surface area (Å²) >= 11 is 0. The minimum absolute atomic E-state index is 0.0345. The number of aryl methyl sites for hydroxylation is 1. The molecule has 0 unspecified atom stereocenters. The van der Waals surface area contributed by atoms with Crippen LogP contribution in [-0.4, -0.2) is 22.6 Å². The first-order chi connectivity index (χ1) is 9.32. The van der Waals surface area contributed by atoms with Gasteiger partial charge in [0.1, 0.15) is 5.82 Å². The van der Waals surface area contributed by atoms with Crippen LogP contribution in [0.1, 0.15) is 44.4 Å². The van der Waals surface area contributed by atoms with Crippen molar-refractivity contribution in [1.29, 1.82) is 5.26 Å². The van der Waals surface area contributed by atoms with Crippen LogP contribution in [0.5, 0.6) is 0 Å². The van der Waals surface area contributed by atoms with Gasteiger partial charge in [0.15, 0.2) is 0 Å². The zero-order valence-electron chi connectivity index (χ0n) is 12.2. The Balaban J connectivity index is 2.50. The Bertz CT molecular complexity index is 518. The van der Waals surface area contributed by atoms with Crippen molar-refractivity contribution in [2.75, 3.05) is 11.9 Å². The van der Waals surface area contributed by atoms with Crippen molar-refractivity contribution in [1.82, 2.24) is 4.98 Å². The van der Waals surface area contributed by atoms with Crippen molar-refractivity contribution >= 4 is 11.8 Å². The number of carbonyl (C=O) groups is 1. The van der Waals surface area contributed by atoms with Crippen molar-refractivity contribution in [2.24, 2.45) is 5.41 Å². The number of hydrogen-bond donors (Lipinski definition) is 2. The molecule has 1 rings (SSSR count). The molecule has 0 bridgehead atoms. The summed E-state index contributed by atoms with van der Waals surface area (Å²) in [5.41, 5.74) is 1.36. The lowest BCUT2D eigenvalue weighted by atomic mass is 9.84. The molecule has 0 amide bonds. The van der Waals surface area contributed by atoms with E-state index in [9.17, 15) is 4.79 Å². The number of nitrogens with zero attached hydrogens (tertiary/aromatic N) is 2. The number of aromatic nitrogens is 1. The Morgan fingerprint density at radius 3 is 2.75 bits per heavy atom. The standard InChI is InChI=1S/C15H21N3O2/c1-11-8-12(10-16)9-13(18-11)17-7-6-15(2,3)5-4-14(19)20/h8-9H,4-7H2,1-3H3,(H,17,18)(H,19,20). The number of carboxylic acid groups (broad SMARTS) is 1. The predicted molar refractivity (Wildman–Crippen MR) is 77.4 cm³/mol. The lowest BCUT2D eigenvalue weighted by molar-refractivity contribution is -0.137. The average Bonchev–Trinajstić information content (AvgIpc) is 2.35. The summed E-state index contributed by atoms with van der Waals surface area (Å²) in [5, 5.41) is 20.8. The molecule has 0 atom stereocenters. The lowest BCUT2D eigenvalue weighted by Gasteiger charge is -2.24. The number of aliphatic carboxylic acids is 1. The quantitative estimate of drug-likeness (QED) is 0.799. The van der Waals surface area contributed by atoms with Gasteiger partial charge in [-0.3, -0.25) is 4.79 Å². The van der Waals surface area contributed by atoms with Gasteiger partial charge < -0.3 is 10.4 Å². The maximum absolute atomic E-state index is 10.6. The maximum Gasteiger partial charge on any atom is 0.303 e. The number of nitrogens with one attached hydrogen (secondary N) is 1. The normalized spacial score (nSPS) is 10.9. The fraction of sp³-hybridized carbons (Fsp3) is 0.533. The molecule has 0 fully saturated rings. The van der Waals surface area contributed by atoms with Gasteiger partial charge >= 0.3 is 5.97 Å². The summed E-state index contributed by atoms with van der Waals surface area (Å²) in [6, 6.07) is 5.56. The highest BCUT2D eigenvalue weighted by molar-refractivity contribution is 5.66. The van der Waals surface area contributed by atoms with Crippen LogP contribution in [0, 0.1) is 23.7 Å². The van der Waals surface area contributed by atoms with Crippen LogP contribution in [0.15, 0.2) is 12.1 Å². The number of anilines is 1. The second-order valence-corrected chi connectivity index (χ2v) is 5.73. The smallest absolute Gasteiger partial charge is 0.303 e. The Morgan fingerprint density at radius 1 is 1.45 bits per heavy atom. The SMILES string of the molecule is Cc1cc(C#N)cc(NCCC(C)(C)CCC(=O)O)n1. The van der Waals surface area contributed by atoms with E-state index in [0.717, 1.165) is 12.1 Å². The Labute approximate surface area is 119 Å². The first-order valence-corrected chi connectivity index (χ1v) is 6.67. The summed E-state index contributed by atoms with van der Waals surface area (Å²) in [7, 11) is 0. The highest BCUT2D eigenvalue weighted by Gasteiger charge is 2.18. The molecule has 0 aliphatic rings. The second-order valence-electron chi connectivity index (χ2n) is 5.73. The van der Waals surface area contributed by atoms with Crippen LogP contribution in [0.3, 0.4) is 0 Å². The molecule has 5 nitrogen and oxygen atoms in total. The highest BCUT2D eigenvalue weighted by Crippen LogP contribution is 2.26. The van der Waals surface area contributed by atoms with E-state index in [1.165, 1.54) is 0 Å². The van der Waals surface area contributed by atoms with Crippen molar-refractivity contribution in [2.45, 2.75) is 40.0 Å². The number of nitriles is 1. The van der Waals surface area contributed by atoms with Crippen LogP contribution < -0.4 is 5.32 Å². The minimum Gasteiger partial charge on any atom is -0.481 e.